The van der Waals surface area contributed by atoms with Gasteiger partial charge in [-0.2, -0.15) is 0 Å². The Bertz CT molecular complexity index is 966. The molecular formula is C19H28N6O4. The molecule has 0 amide bonds. The van der Waals surface area contributed by atoms with Crippen molar-refractivity contribution in [1.82, 2.24) is 14.0 Å². The molecule has 0 aliphatic heterocycles. The number of likely N-dealkylation sites (N-methyl/N-ethyl adjacent to an activating group) is 3. The second-order valence-electron chi connectivity index (χ2n) is 7.16. The quantitative estimate of drug-likeness (QED) is 0.443. The third-order valence-corrected chi connectivity index (χ3v) is 5.03. The summed E-state index contributed by atoms with van der Waals surface area (Å²) in [6, 6.07) is 7.94. The Kier molecular flexibility index (Phi) is 7.16. The molecule has 0 aliphatic carbocycles. The second-order valence-corrected chi connectivity index (χ2v) is 7.16. The lowest BCUT2D eigenvalue weighted by Crippen LogP contribution is -2.41. The van der Waals surface area contributed by atoms with Crippen LogP contribution >= 0.6 is 0 Å². The average Bonchev–Trinajstić information content (AvgIpc) is 2.71. The molecule has 2 rings (SSSR count). The minimum absolute atomic E-state index is 0.0763. The summed E-state index contributed by atoms with van der Waals surface area (Å²) >= 11 is 0. The van der Waals surface area contributed by atoms with Gasteiger partial charge in [0.05, 0.1) is 4.92 Å². The van der Waals surface area contributed by atoms with E-state index in [1.807, 2.05) is 30.9 Å². The SMILES string of the molecule is CN(CCN(C)c1ccc([N+](=O)[O-])cc1)CCN(C)c1cc(=O)n(C)c(=O)n1C. The van der Waals surface area contributed by atoms with E-state index in [2.05, 4.69) is 4.90 Å². The molecule has 0 spiro atoms. The number of nitrogens with zero attached hydrogens (tertiary/aromatic N) is 6. The van der Waals surface area contributed by atoms with E-state index in [9.17, 15) is 19.7 Å². The van der Waals surface area contributed by atoms with Gasteiger partial charge in [0.25, 0.3) is 11.2 Å². The van der Waals surface area contributed by atoms with Gasteiger partial charge in [-0.3, -0.25) is 24.0 Å². The van der Waals surface area contributed by atoms with E-state index in [-0.39, 0.29) is 16.9 Å². The van der Waals surface area contributed by atoms with Gasteiger partial charge in [-0.05, 0) is 19.2 Å². The van der Waals surface area contributed by atoms with Gasteiger partial charge in [-0.25, -0.2) is 4.79 Å². The number of hydrogen-bond acceptors (Lipinski definition) is 7. The van der Waals surface area contributed by atoms with Gasteiger partial charge in [-0.1, -0.05) is 0 Å². The largest absolute Gasteiger partial charge is 0.373 e. The smallest absolute Gasteiger partial charge is 0.332 e. The normalized spacial score (nSPS) is 11.0. The van der Waals surface area contributed by atoms with E-state index in [1.54, 1.807) is 19.2 Å². The van der Waals surface area contributed by atoms with Gasteiger partial charge < -0.3 is 14.7 Å². The van der Waals surface area contributed by atoms with Crippen LogP contribution in [0.15, 0.2) is 39.9 Å². The lowest BCUT2D eigenvalue weighted by Gasteiger charge is -2.27. The zero-order valence-electron chi connectivity index (χ0n) is 17.5. The van der Waals surface area contributed by atoms with E-state index < -0.39 is 4.92 Å². The number of rotatable bonds is 9. The standard InChI is InChI=1S/C19H28N6O4/c1-20(10-12-21(2)15-6-8-16(9-7-15)25(28)29)11-13-22(3)17-14-18(26)24(5)19(27)23(17)4/h6-9,14H,10-13H2,1-5H3. The van der Waals surface area contributed by atoms with Gasteiger partial charge in [0, 0.05) is 78.3 Å². The molecular weight excluding hydrogens is 376 g/mol. The Morgan fingerprint density at radius 1 is 0.897 bits per heavy atom. The number of nitro benzene ring substituents is 1. The number of anilines is 2. The van der Waals surface area contributed by atoms with Crippen molar-refractivity contribution in [3.05, 3.63) is 61.3 Å². The van der Waals surface area contributed by atoms with Crippen LogP contribution in [0.25, 0.3) is 0 Å². The maximum atomic E-state index is 12.1. The lowest BCUT2D eigenvalue weighted by molar-refractivity contribution is -0.384. The van der Waals surface area contributed by atoms with Crippen molar-refractivity contribution in [2.75, 3.05) is 57.1 Å². The van der Waals surface area contributed by atoms with Crippen molar-refractivity contribution in [3.63, 3.8) is 0 Å². The Balaban J connectivity index is 1.88. The summed E-state index contributed by atoms with van der Waals surface area (Å²) in [7, 11) is 8.91. The molecule has 0 fully saturated rings. The second kappa shape index (κ2) is 9.37. The molecule has 0 atom stereocenters. The van der Waals surface area contributed by atoms with Crippen molar-refractivity contribution in [2.45, 2.75) is 0 Å². The highest BCUT2D eigenvalue weighted by molar-refractivity contribution is 5.50. The fraction of sp³-hybridized carbons (Fsp3) is 0.474. The van der Waals surface area contributed by atoms with Gasteiger partial charge in [-0.15, -0.1) is 0 Å². The molecule has 0 radical (unpaired) electrons. The minimum Gasteiger partial charge on any atom is -0.373 e. The Hall–Kier alpha value is -3.14. The van der Waals surface area contributed by atoms with Crippen molar-refractivity contribution in [1.29, 1.82) is 0 Å². The molecule has 0 aliphatic rings. The fourth-order valence-electron chi connectivity index (χ4n) is 2.91. The zero-order valence-corrected chi connectivity index (χ0v) is 17.5. The van der Waals surface area contributed by atoms with Crippen molar-refractivity contribution >= 4 is 17.2 Å². The van der Waals surface area contributed by atoms with E-state index in [0.717, 1.165) is 29.9 Å². The molecule has 0 bridgehead atoms. The van der Waals surface area contributed by atoms with Crippen LogP contribution < -0.4 is 21.0 Å². The Labute approximate surface area is 169 Å². The molecule has 1 aromatic carbocycles. The topological polar surface area (TPSA) is 96.9 Å². The van der Waals surface area contributed by atoms with Crippen LogP contribution in [0.3, 0.4) is 0 Å². The third kappa shape index (κ3) is 5.44. The van der Waals surface area contributed by atoms with Crippen molar-refractivity contribution < 1.29 is 4.92 Å². The van der Waals surface area contributed by atoms with Gasteiger partial charge in [0.2, 0.25) is 0 Å². The molecule has 10 nitrogen and oxygen atoms in total. The van der Waals surface area contributed by atoms with Crippen molar-refractivity contribution in [2.24, 2.45) is 14.1 Å². The summed E-state index contributed by atoms with van der Waals surface area (Å²) in [4.78, 5) is 40.4. The Morgan fingerprint density at radius 2 is 1.45 bits per heavy atom. The molecule has 0 saturated carbocycles. The third-order valence-electron chi connectivity index (χ3n) is 5.03. The molecule has 158 valence electrons. The minimum atomic E-state index is -0.410. The molecule has 0 saturated heterocycles. The summed E-state index contributed by atoms with van der Waals surface area (Å²) in [6.45, 7) is 2.94. The van der Waals surface area contributed by atoms with Crippen LogP contribution in [0.4, 0.5) is 17.2 Å². The Morgan fingerprint density at radius 3 is 2.00 bits per heavy atom. The monoisotopic (exact) mass is 404 g/mol. The summed E-state index contributed by atoms with van der Waals surface area (Å²) in [5.74, 6) is 0.578. The number of non-ortho nitro benzene ring substituents is 1. The predicted molar refractivity (Wildman–Crippen MR) is 114 cm³/mol. The first-order valence-corrected chi connectivity index (χ1v) is 9.24. The highest BCUT2D eigenvalue weighted by atomic mass is 16.6. The summed E-state index contributed by atoms with van der Waals surface area (Å²) < 4.78 is 2.54. The molecule has 0 unspecified atom stereocenters. The van der Waals surface area contributed by atoms with Crippen LogP contribution in [-0.4, -0.2) is 66.3 Å². The summed E-state index contributed by atoms with van der Waals surface area (Å²) in [6.07, 6.45) is 0. The summed E-state index contributed by atoms with van der Waals surface area (Å²) in [5, 5.41) is 10.7. The summed E-state index contributed by atoms with van der Waals surface area (Å²) in [5.41, 5.74) is 0.314. The predicted octanol–water partition coefficient (Wildman–Crippen LogP) is 0.497. The number of aromatic nitrogens is 2. The van der Waals surface area contributed by atoms with Gasteiger partial charge in [0.1, 0.15) is 5.82 Å². The van der Waals surface area contributed by atoms with E-state index in [0.29, 0.717) is 12.4 Å². The highest BCUT2D eigenvalue weighted by Crippen LogP contribution is 2.18. The van der Waals surface area contributed by atoms with Crippen LogP contribution in [0.1, 0.15) is 0 Å². The van der Waals surface area contributed by atoms with Gasteiger partial charge >= 0.3 is 5.69 Å². The average molecular weight is 404 g/mol. The maximum absolute atomic E-state index is 12.1. The van der Waals surface area contributed by atoms with Crippen LogP contribution in [0.2, 0.25) is 0 Å². The molecule has 2 aromatic rings. The van der Waals surface area contributed by atoms with Gasteiger partial charge in [0.15, 0.2) is 0 Å². The van der Waals surface area contributed by atoms with E-state index >= 15 is 0 Å². The van der Waals surface area contributed by atoms with Crippen LogP contribution in [0.5, 0.6) is 0 Å². The fourth-order valence-corrected chi connectivity index (χ4v) is 2.91. The molecule has 0 N–H and O–H groups in total. The highest BCUT2D eigenvalue weighted by Gasteiger charge is 2.12. The first kappa shape index (κ1) is 22.2. The van der Waals surface area contributed by atoms with Crippen LogP contribution in [-0.2, 0) is 14.1 Å². The van der Waals surface area contributed by atoms with Crippen LogP contribution in [0, 0.1) is 10.1 Å². The number of benzene rings is 1. The van der Waals surface area contributed by atoms with Crippen molar-refractivity contribution in [3.8, 4) is 0 Å². The first-order valence-electron chi connectivity index (χ1n) is 9.24. The molecule has 1 heterocycles. The molecule has 10 heteroatoms. The molecule has 29 heavy (non-hydrogen) atoms. The lowest BCUT2D eigenvalue weighted by atomic mass is 10.2. The molecule has 1 aromatic heterocycles. The van der Waals surface area contributed by atoms with E-state index in [1.165, 1.54) is 29.8 Å². The zero-order chi connectivity index (χ0) is 21.7. The first-order chi connectivity index (χ1) is 13.6. The maximum Gasteiger partial charge on any atom is 0.332 e. The van der Waals surface area contributed by atoms with E-state index in [4.69, 9.17) is 0 Å². The number of nitro groups is 1. The number of hydrogen-bond donors (Lipinski definition) is 0.